The van der Waals surface area contributed by atoms with Gasteiger partial charge in [-0.05, 0) is 66.3 Å². The number of carbonyl (C=O) groups excluding carboxylic acids is 2. The first-order chi connectivity index (χ1) is 11.4. The second kappa shape index (κ2) is 10.7. The maximum atomic E-state index is 12.1. The van der Waals surface area contributed by atoms with Crippen LogP contribution in [0.4, 0.5) is 0 Å². The van der Waals surface area contributed by atoms with E-state index in [2.05, 4.69) is 25.4 Å². The molecule has 0 aromatic carbocycles. The lowest BCUT2D eigenvalue weighted by atomic mass is 10.2. The van der Waals surface area contributed by atoms with Gasteiger partial charge in [-0.15, -0.1) is 0 Å². The zero-order valence-electron chi connectivity index (χ0n) is 15.1. The molecule has 0 fully saturated rings. The Kier molecular flexibility index (Phi) is 8.96. The van der Waals surface area contributed by atoms with Crippen LogP contribution in [0.1, 0.15) is 33.8 Å². The number of nitrogens with zero attached hydrogens (tertiary/aromatic N) is 3. The van der Waals surface area contributed by atoms with Gasteiger partial charge in [0.25, 0.3) is 11.8 Å². The summed E-state index contributed by atoms with van der Waals surface area (Å²) in [5.41, 5.74) is 0.529. The Balaban J connectivity index is 2.47. The molecular weight excluding hydrogens is 306 g/mol. The van der Waals surface area contributed by atoms with E-state index in [-0.39, 0.29) is 23.2 Å². The van der Waals surface area contributed by atoms with Crippen LogP contribution in [0.2, 0.25) is 0 Å². The quantitative estimate of drug-likeness (QED) is 0.607. The highest BCUT2D eigenvalue weighted by molar-refractivity contribution is 5.96. The van der Waals surface area contributed by atoms with E-state index in [1.165, 1.54) is 0 Å². The molecule has 0 atom stereocenters. The minimum absolute atomic E-state index is 0.254. The highest BCUT2D eigenvalue weighted by Crippen LogP contribution is 2.00. The molecule has 134 valence electrons. The van der Waals surface area contributed by atoms with Crippen molar-refractivity contribution in [2.24, 2.45) is 0 Å². The van der Waals surface area contributed by atoms with E-state index < -0.39 is 0 Å². The molecule has 1 aromatic rings. The molecule has 0 radical (unpaired) electrons. The van der Waals surface area contributed by atoms with Crippen LogP contribution in [-0.4, -0.2) is 81.0 Å². The minimum atomic E-state index is -0.254. The molecule has 0 aliphatic carbocycles. The SMILES string of the molecule is CN(C)CCCNC(=O)c1cccc(C(=O)NCCCN(C)C)n1. The van der Waals surface area contributed by atoms with Crippen LogP contribution in [0.25, 0.3) is 0 Å². The molecule has 24 heavy (non-hydrogen) atoms. The Labute approximate surface area is 144 Å². The van der Waals surface area contributed by atoms with Crippen molar-refractivity contribution in [2.45, 2.75) is 12.8 Å². The van der Waals surface area contributed by atoms with E-state index in [0.717, 1.165) is 25.9 Å². The molecule has 0 unspecified atom stereocenters. The Hall–Kier alpha value is -1.99. The summed E-state index contributed by atoms with van der Waals surface area (Å²) in [6.45, 7) is 2.98. The molecule has 0 aliphatic rings. The summed E-state index contributed by atoms with van der Waals surface area (Å²) in [7, 11) is 7.96. The number of amides is 2. The minimum Gasteiger partial charge on any atom is -0.351 e. The van der Waals surface area contributed by atoms with E-state index in [4.69, 9.17) is 0 Å². The Morgan fingerprint density at radius 2 is 1.29 bits per heavy atom. The number of carbonyl (C=O) groups is 2. The van der Waals surface area contributed by atoms with Gasteiger partial charge in [0, 0.05) is 13.1 Å². The van der Waals surface area contributed by atoms with Gasteiger partial charge in [-0.25, -0.2) is 4.98 Å². The molecule has 2 N–H and O–H groups in total. The number of nitrogens with one attached hydrogen (secondary N) is 2. The smallest absolute Gasteiger partial charge is 0.269 e. The van der Waals surface area contributed by atoms with Crippen molar-refractivity contribution in [3.63, 3.8) is 0 Å². The van der Waals surface area contributed by atoms with Crippen molar-refractivity contribution in [1.29, 1.82) is 0 Å². The van der Waals surface area contributed by atoms with Crippen molar-refractivity contribution in [2.75, 3.05) is 54.4 Å². The summed E-state index contributed by atoms with van der Waals surface area (Å²) in [5.74, 6) is -0.507. The van der Waals surface area contributed by atoms with Crippen LogP contribution in [0, 0.1) is 0 Å². The van der Waals surface area contributed by atoms with Crippen LogP contribution >= 0.6 is 0 Å². The summed E-state index contributed by atoms with van der Waals surface area (Å²) in [5, 5.41) is 5.64. The number of aromatic nitrogens is 1. The maximum Gasteiger partial charge on any atom is 0.269 e. The van der Waals surface area contributed by atoms with Gasteiger partial charge in [0.05, 0.1) is 0 Å². The Bertz CT molecular complexity index is 488. The van der Waals surface area contributed by atoms with Gasteiger partial charge in [0.1, 0.15) is 11.4 Å². The lowest BCUT2D eigenvalue weighted by molar-refractivity contribution is 0.0943. The van der Waals surface area contributed by atoms with Crippen molar-refractivity contribution in [3.8, 4) is 0 Å². The number of hydrogen-bond donors (Lipinski definition) is 2. The average molecular weight is 335 g/mol. The molecule has 1 heterocycles. The fourth-order valence-corrected chi connectivity index (χ4v) is 2.06. The van der Waals surface area contributed by atoms with Crippen LogP contribution in [-0.2, 0) is 0 Å². The maximum absolute atomic E-state index is 12.1. The summed E-state index contributed by atoms with van der Waals surface area (Å²) in [6.07, 6.45) is 1.73. The lowest BCUT2D eigenvalue weighted by Crippen LogP contribution is -2.30. The molecule has 0 saturated carbocycles. The van der Waals surface area contributed by atoms with Crippen molar-refractivity contribution < 1.29 is 9.59 Å². The van der Waals surface area contributed by atoms with E-state index >= 15 is 0 Å². The second-order valence-corrected chi connectivity index (χ2v) is 6.23. The third-order valence-corrected chi connectivity index (χ3v) is 3.35. The zero-order valence-corrected chi connectivity index (χ0v) is 15.1. The van der Waals surface area contributed by atoms with E-state index in [1.807, 2.05) is 28.2 Å². The first-order valence-corrected chi connectivity index (χ1v) is 8.23. The third-order valence-electron chi connectivity index (χ3n) is 3.35. The largest absolute Gasteiger partial charge is 0.351 e. The Morgan fingerprint density at radius 1 is 0.875 bits per heavy atom. The van der Waals surface area contributed by atoms with E-state index in [1.54, 1.807) is 18.2 Å². The summed E-state index contributed by atoms with van der Waals surface area (Å²) < 4.78 is 0. The van der Waals surface area contributed by atoms with Gasteiger partial charge in [-0.2, -0.15) is 0 Å². The predicted molar refractivity (Wildman–Crippen MR) is 95.2 cm³/mol. The molecule has 7 heteroatoms. The molecule has 2 amide bonds. The molecule has 7 nitrogen and oxygen atoms in total. The summed E-state index contributed by atoms with van der Waals surface area (Å²) in [6, 6.07) is 4.91. The zero-order chi connectivity index (χ0) is 17.9. The molecule has 0 spiro atoms. The molecular formula is C17H29N5O2. The van der Waals surface area contributed by atoms with E-state index in [0.29, 0.717) is 13.1 Å². The fourth-order valence-electron chi connectivity index (χ4n) is 2.06. The molecule has 0 bridgehead atoms. The highest BCUT2D eigenvalue weighted by atomic mass is 16.2. The molecule has 1 rings (SSSR count). The van der Waals surface area contributed by atoms with E-state index in [9.17, 15) is 9.59 Å². The fraction of sp³-hybridized carbons (Fsp3) is 0.588. The first kappa shape index (κ1) is 20.1. The van der Waals surface area contributed by atoms with Gasteiger partial charge in [0.15, 0.2) is 0 Å². The van der Waals surface area contributed by atoms with Crippen molar-refractivity contribution in [1.82, 2.24) is 25.4 Å². The topological polar surface area (TPSA) is 77.6 Å². The normalized spacial score (nSPS) is 10.9. The molecule has 1 aromatic heterocycles. The predicted octanol–water partition coefficient (Wildman–Crippen LogP) is 0.445. The summed E-state index contributed by atoms with van der Waals surface area (Å²) >= 11 is 0. The van der Waals surface area contributed by atoms with Gasteiger partial charge in [-0.3, -0.25) is 9.59 Å². The van der Waals surface area contributed by atoms with Gasteiger partial charge >= 0.3 is 0 Å². The number of pyridine rings is 1. The van der Waals surface area contributed by atoms with Crippen LogP contribution < -0.4 is 10.6 Å². The lowest BCUT2D eigenvalue weighted by Gasteiger charge is -2.11. The monoisotopic (exact) mass is 335 g/mol. The van der Waals surface area contributed by atoms with Crippen molar-refractivity contribution >= 4 is 11.8 Å². The molecule has 0 saturated heterocycles. The average Bonchev–Trinajstić information content (AvgIpc) is 2.55. The Morgan fingerprint density at radius 3 is 1.67 bits per heavy atom. The highest BCUT2D eigenvalue weighted by Gasteiger charge is 2.11. The van der Waals surface area contributed by atoms with Gasteiger partial charge in [-0.1, -0.05) is 6.07 Å². The van der Waals surface area contributed by atoms with Crippen LogP contribution in [0.5, 0.6) is 0 Å². The van der Waals surface area contributed by atoms with Crippen LogP contribution in [0.3, 0.4) is 0 Å². The van der Waals surface area contributed by atoms with Crippen LogP contribution in [0.15, 0.2) is 18.2 Å². The van der Waals surface area contributed by atoms with Gasteiger partial charge in [0.2, 0.25) is 0 Å². The van der Waals surface area contributed by atoms with Gasteiger partial charge < -0.3 is 20.4 Å². The molecule has 0 aliphatic heterocycles. The number of hydrogen-bond acceptors (Lipinski definition) is 5. The number of rotatable bonds is 10. The third kappa shape index (κ3) is 8.03. The first-order valence-electron chi connectivity index (χ1n) is 8.23. The standard InChI is InChI=1S/C17H29N5O2/c1-21(2)12-6-10-18-16(23)14-8-5-9-15(20-14)17(24)19-11-7-13-22(3)4/h5,8-9H,6-7,10-13H2,1-4H3,(H,18,23)(H,19,24). The second-order valence-electron chi connectivity index (χ2n) is 6.23. The summed E-state index contributed by atoms with van der Waals surface area (Å²) in [4.78, 5) is 32.4. The van der Waals surface area contributed by atoms with Crippen molar-refractivity contribution in [3.05, 3.63) is 29.6 Å².